The van der Waals surface area contributed by atoms with Gasteiger partial charge in [-0.3, -0.25) is 0 Å². The van der Waals surface area contributed by atoms with Gasteiger partial charge >= 0.3 is 0 Å². The van der Waals surface area contributed by atoms with E-state index < -0.39 is 11.6 Å². The highest BCUT2D eigenvalue weighted by Gasteiger charge is 2.32. The molecule has 0 radical (unpaired) electrons. The van der Waals surface area contributed by atoms with Gasteiger partial charge in [-0.25, -0.2) is 23.4 Å². The number of nitrogens with one attached hydrogen (secondary N) is 2. The minimum Gasteiger partial charge on any atom is -0.454 e. The molecule has 10 heteroatoms. The van der Waals surface area contributed by atoms with E-state index in [9.17, 15) is 0 Å². The van der Waals surface area contributed by atoms with Crippen LogP contribution in [0.25, 0.3) is 22.4 Å². The minimum absolute atomic E-state index is 0.00632. The monoisotopic (exact) mass is 593 g/mol. The zero-order chi connectivity index (χ0) is 30.5. The first-order valence-electron chi connectivity index (χ1n) is 14.9. The molecule has 1 aliphatic heterocycles. The van der Waals surface area contributed by atoms with E-state index in [0.29, 0.717) is 22.4 Å². The summed E-state index contributed by atoms with van der Waals surface area (Å²) >= 11 is 0. The molecule has 4 heterocycles. The molecule has 2 N–H and O–H groups in total. The lowest BCUT2D eigenvalue weighted by atomic mass is 9.75. The molecular weight excluding hydrogens is 560 g/mol. The van der Waals surface area contributed by atoms with Crippen molar-refractivity contribution < 1.29 is 13.5 Å². The van der Waals surface area contributed by atoms with E-state index in [0.717, 1.165) is 42.6 Å². The summed E-state index contributed by atoms with van der Waals surface area (Å²) in [5, 5.41) is 8.91. The second-order valence-corrected chi connectivity index (χ2v) is 12.4. The summed E-state index contributed by atoms with van der Waals surface area (Å²) in [6.45, 7) is 6.73. The Hall–Kier alpha value is -4.86. The van der Waals surface area contributed by atoms with Crippen LogP contribution in [0, 0.1) is 11.6 Å². The highest BCUT2D eigenvalue weighted by molar-refractivity contribution is 5.81. The normalized spacial score (nSPS) is 18.6. The van der Waals surface area contributed by atoms with E-state index in [1.54, 1.807) is 16.9 Å². The van der Waals surface area contributed by atoms with Crippen LogP contribution in [0.5, 0.6) is 11.5 Å². The second kappa shape index (κ2) is 10.7. The van der Waals surface area contributed by atoms with E-state index in [1.165, 1.54) is 24.5 Å². The van der Waals surface area contributed by atoms with Gasteiger partial charge in [-0.05, 0) is 43.5 Å². The predicted molar refractivity (Wildman–Crippen MR) is 164 cm³/mol. The van der Waals surface area contributed by atoms with Crippen LogP contribution in [-0.2, 0) is 17.4 Å². The molecule has 0 fully saturated rings. The molecule has 44 heavy (non-hydrogen) atoms. The van der Waals surface area contributed by atoms with Crippen LogP contribution in [0.15, 0.2) is 73.3 Å². The largest absolute Gasteiger partial charge is 0.454 e. The van der Waals surface area contributed by atoms with Gasteiger partial charge in [-0.1, -0.05) is 62.2 Å². The third-order valence-electron chi connectivity index (χ3n) is 8.99. The predicted octanol–water partition coefficient (Wildman–Crippen LogP) is 7.82. The van der Waals surface area contributed by atoms with Gasteiger partial charge in [0, 0.05) is 40.5 Å². The minimum atomic E-state index is -0.576. The molecule has 8 nitrogen and oxygen atoms in total. The lowest BCUT2D eigenvalue weighted by molar-refractivity contribution is 0.407. The topological polar surface area (TPSA) is 97.3 Å². The Morgan fingerprint density at radius 1 is 0.932 bits per heavy atom. The number of rotatable bonds is 1. The summed E-state index contributed by atoms with van der Waals surface area (Å²) in [7, 11) is 0. The van der Waals surface area contributed by atoms with Crippen molar-refractivity contribution in [3.8, 4) is 22.9 Å². The molecule has 3 aromatic carbocycles. The molecule has 1 atom stereocenters. The second-order valence-electron chi connectivity index (χ2n) is 12.4. The molecule has 0 aliphatic carbocycles. The number of hydrogen-bond donors (Lipinski definition) is 2. The van der Waals surface area contributed by atoms with E-state index >= 15 is 8.78 Å². The number of H-pyrrole nitrogens is 2. The fraction of sp³-hybridized carbons (Fsp3) is 0.294. The average Bonchev–Trinajstić information content (AvgIpc) is 3.80. The van der Waals surface area contributed by atoms with Crippen molar-refractivity contribution in [3.05, 3.63) is 107 Å². The zero-order valence-corrected chi connectivity index (χ0v) is 24.9. The Labute approximate surface area is 253 Å². The summed E-state index contributed by atoms with van der Waals surface area (Å²) < 4.78 is 38.8. The number of aromatic amines is 2. The van der Waals surface area contributed by atoms with Crippen LogP contribution in [-0.4, -0.2) is 34.9 Å². The van der Waals surface area contributed by atoms with E-state index in [-0.39, 0.29) is 34.4 Å². The molecule has 1 unspecified atom stereocenters. The molecule has 6 aromatic rings. The van der Waals surface area contributed by atoms with Gasteiger partial charge in [0.15, 0.2) is 11.6 Å². The van der Waals surface area contributed by atoms with Crippen LogP contribution in [0.1, 0.15) is 69.0 Å². The quantitative estimate of drug-likeness (QED) is 0.203. The summed E-state index contributed by atoms with van der Waals surface area (Å²) in [5.74, 6) is -0.409. The van der Waals surface area contributed by atoms with Gasteiger partial charge in [0.1, 0.15) is 17.4 Å². The molecule has 0 spiro atoms. The number of ether oxygens (including phenoxy) is 1. The molecule has 224 valence electrons. The summed E-state index contributed by atoms with van der Waals surface area (Å²) in [6.07, 6.45) is 8.91. The fourth-order valence-electron chi connectivity index (χ4n) is 6.22. The van der Waals surface area contributed by atoms with Crippen LogP contribution in [0.2, 0.25) is 0 Å². The third-order valence-corrected chi connectivity index (χ3v) is 8.99. The Kier molecular flexibility index (Phi) is 6.79. The van der Waals surface area contributed by atoms with Gasteiger partial charge < -0.3 is 14.7 Å². The highest BCUT2D eigenvalue weighted by atomic mass is 19.1. The number of fused-ring (bicyclic) bond motifs is 10. The Bertz CT molecular complexity index is 1960. The highest BCUT2D eigenvalue weighted by Crippen LogP contribution is 2.40. The number of halogens is 2. The van der Waals surface area contributed by atoms with Gasteiger partial charge in [0.25, 0.3) is 0 Å². The number of aromatic nitrogens is 7. The molecule has 0 saturated carbocycles. The van der Waals surface area contributed by atoms with Crippen LogP contribution < -0.4 is 4.74 Å². The number of hydrogen-bond acceptors (Lipinski definition) is 5. The molecule has 7 rings (SSSR count). The van der Waals surface area contributed by atoms with Crippen LogP contribution >= 0.6 is 0 Å². The average molecular weight is 594 g/mol. The van der Waals surface area contributed by atoms with Crippen molar-refractivity contribution in [1.82, 2.24) is 34.9 Å². The maximum absolute atomic E-state index is 15.6. The Morgan fingerprint density at radius 2 is 1.75 bits per heavy atom. The molecule has 0 amide bonds. The van der Waals surface area contributed by atoms with Crippen LogP contribution in [0.4, 0.5) is 8.78 Å². The molecular formula is C34H33F2N7O. The van der Waals surface area contributed by atoms with Crippen molar-refractivity contribution in [2.45, 2.75) is 63.8 Å². The Balaban J connectivity index is 1.37. The van der Waals surface area contributed by atoms with Gasteiger partial charge in [0.2, 0.25) is 0 Å². The van der Waals surface area contributed by atoms with Gasteiger partial charge in [-0.15, -0.1) is 5.10 Å². The first-order valence-corrected chi connectivity index (χ1v) is 14.9. The van der Waals surface area contributed by atoms with Gasteiger partial charge in [-0.2, -0.15) is 0 Å². The van der Waals surface area contributed by atoms with Crippen molar-refractivity contribution in [2.24, 2.45) is 0 Å². The number of nitrogens with zero attached hydrogens (tertiary/aromatic N) is 5. The zero-order valence-electron chi connectivity index (χ0n) is 24.9. The summed E-state index contributed by atoms with van der Waals surface area (Å²) in [5.41, 5.74) is 4.11. The number of imidazole rings is 2. The lowest BCUT2D eigenvalue weighted by Gasteiger charge is -2.30. The molecule has 6 bridgehead atoms. The molecule has 0 saturated heterocycles. The summed E-state index contributed by atoms with van der Waals surface area (Å²) in [4.78, 5) is 15.5. The first kappa shape index (κ1) is 27.9. The lowest BCUT2D eigenvalue weighted by Crippen LogP contribution is -2.25. The smallest absolute Gasteiger partial charge is 0.170 e. The first-order chi connectivity index (χ1) is 21.2. The van der Waals surface area contributed by atoms with Crippen molar-refractivity contribution >= 4 is 11.0 Å². The summed E-state index contributed by atoms with van der Waals surface area (Å²) in [6, 6.07) is 16.0. The van der Waals surface area contributed by atoms with E-state index in [1.807, 2.05) is 24.4 Å². The fourth-order valence-corrected chi connectivity index (χ4v) is 6.22. The third kappa shape index (κ3) is 4.94. The van der Waals surface area contributed by atoms with Crippen molar-refractivity contribution in [2.75, 3.05) is 0 Å². The molecule has 3 aromatic heterocycles. The Morgan fingerprint density at radius 3 is 2.59 bits per heavy atom. The standard InChI is InChI=1S/C34H33F2N7O/c1-33(2)13-7-8-14-34(3,21-9-5-4-6-10-21)28-17-37-32(40-28)23-15-22(11-12-25(23)35)44-31-24(18-43-19-29(33)41-42-43)30-27(16-26(31)36)38-20-39-30/h4-6,9-12,15-17,19-20H,7-8,13-14,18H2,1-3H3,(H,37,40)(H,38,39). The van der Waals surface area contributed by atoms with Crippen molar-refractivity contribution in [1.29, 1.82) is 0 Å². The maximum atomic E-state index is 15.6. The van der Waals surface area contributed by atoms with E-state index in [4.69, 9.17) is 4.74 Å². The van der Waals surface area contributed by atoms with Crippen LogP contribution in [0.3, 0.4) is 0 Å². The SMILES string of the molecule is CC1(C)CCCCC(C)(c2ccccc2)c2cnc([nH]2)-c2cc(ccc2F)Oc2c(F)cc3[nH]cnc3c2Cn2cc1nn2. The molecule has 1 aliphatic rings. The maximum Gasteiger partial charge on any atom is 0.170 e. The van der Waals surface area contributed by atoms with Gasteiger partial charge in [0.05, 0.1) is 35.2 Å². The number of benzene rings is 3. The van der Waals surface area contributed by atoms with E-state index in [2.05, 4.69) is 63.2 Å². The van der Waals surface area contributed by atoms with Crippen molar-refractivity contribution in [3.63, 3.8) is 0 Å².